The van der Waals surface area contributed by atoms with Crippen molar-refractivity contribution in [3.8, 4) is 0 Å². The van der Waals surface area contributed by atoms with Gasteiger partial charge in [0.1, 0.15) is 0 Å². The van der Waals surface area contributed by atoms with Crippen molar-refractivity contribution in [2.24, 2.45) is 11.3 Å². The number of hydrogen-bond acceptors (Lipinski definition) is 2. The molecule has 0 aromatic rings. The molecule has 0 bridgehead atoms. The fourth-order valence-electron chi connectivity index (χ4n) is 2.88. The lowest BCUT2D eigenvalue weighted by molar-refractivity contribution is -0.257. The van der Waals surface area contributed by atoms with Crippen molar-refractivity contribution in [2.45, 2.75) is 72.4 Å². The highest BCUT2D eigenvalue weighted by Crippen LogP contribution is 2.46. The summed E-state index contributed by atoms with van der Waals surface area (Å²) in [6, 6.07) is 0. The minimum atomic E-state index is -0.111. The van der Waals surface area contributed by atoms with Gasteiger partial charge in [-0.05, 0) is 51.9 Å². The second-order valence-corrected chi connectivity index (χ2v) is 7.41. The van der Waals surface area contributed by atoms with Gasteiger partial charge in [0.2, 0.25) is 0 Å². The topological polar surface area (TPSA) is 23.5 Å². The fourth-order valence-corrected chi connectivity index (χ4v) is 2.88. The van der Waals surface area contributed by atoms with Crippen LogP contribution >= 0.6 is 0 Å². The average molecular weight is 213 g/mol. The summed E-state index contributed by atoms with van der Waals surface area (Å²) in [6.07, 6.45) is 2.13. The molecule has 1 heterocycles. The van der Waals surface area contributed by atoms with Gasteiger partial charge in [-0.3, -0.25) is 0 Å². The third-order valence-electron chi connectivity index (χ3n) is 3.86. The van der Waals surface area contributed by atoms with Crippen LogP contribution in [0.5, 0.6) is 0 Å². The van der Waals surface area contributed by atoms with Crippen molar-refractivity contribution in [1.29, 1.82) is 0 Å². The highest BCUT2D eigenvalue weighted by molar-refractivity contribution is 4.98. The van der Waals surface area contributed by atoms with Crippen LogP contribution in [0.25, 0.3) is 0 Å². The van der Waals surface area contributed by atoms with Crippen molar-refractivity contribution in [1.82, 2.24) is 5.06 Å². The summed E-state index contributed by atoms with van der Waals surface area (Å²) in [5.74, 6) is 0.672. The summed E-state index contributed by atoms with van der Waals surface area (Å²) in [5, 5.41) is 11.7. The Hall–Kier alpha value is -0.0800. The van der Waals surface area contributed by atoms with Crippen LogP contribution < -0.4 is 0 Å². The van der Waals surface area contributed by atoms with Crippen molar-refractivity contribution in [3.63, 3.8) is 0 Å². The van der Waals surface area contributed by atoms with E-state index in [1.807, 2.05) is 0 Å². The second kappa shape index (κ2) is 3.46. The molecule has 0 atom stereocenters. The number of hydroxylamine groups is 2. The first-order chi connectivity index (χ1) is 6.47. The predicted molar refractivity (Wildman–Crippen MR) is 64.0 cm³/mol. The molecule has 1 aliphatic rings. The van der Waals surface area contributed by atoms with Crippen LogP contribution in [0.15, 0.2) is 0 Å². The molecule has 1 fully saturated rings. The summed E-state index contributed by atoms with van der Waals surface area (Å²) >= 11 is 0. The van der Waals surface area contributed by atoms with E-state index in [4.69, 9.17) is 0 Å². The molecule has 1 rings (SSSR count). The molecule has 0 amide bonds. The van der Waals surface area contributed by atoms with Crippen LogP contribution in [0.4, 0.5) is 0 Å². The van der Waals surface area contributed by atoms with E-state index in [1.54, 1.807) is 5.06 Å². The van der Waals surface area contributed by atoms with Crippen LogP contribution in [-0.2, 0) is 0 Å². The first kappa shape index (κ1) is 13.0. The first-order valence-corrected chi connectivity index (χ1v) is 5.96. The monoisotopic (exact) mass is 213 g/mol. The fraction of sp³-hybridized carbons (Fsp3) is 1.00. The quantitative estimate of drug-likeness (QED) is 0.663. The molecule has 0 radical (unpaired) electrons. The van der Waals surface area contributed by atoms with Gasteiger partial charge in [-0.25, -0.2) is 0 Å². The molecule has 0 aromatic heterocycles. The molecule has 2 nitrogen and oxygen atoms in total. The zero-order valence-corrected chi connectivity index (χ0v) is 11.4. The number of piperidine rings is 1. The molecule has 90 valence electrons. The smallest absolute Gasteiger partial charge is 0.0413 e. The summed E-state index contributed by atoms with van der Waals surface area (Å²) < 4.78 is 0. The summed E-state index contributed by atoms with van der Waals surface area (Å²) in [6.45, 7) is 15.4. The third kappa shape index (κ3) is 2.54. The van der Waals surface area contributed by atoms with E-state index in [9.17, 15) is 5.21 Å². The Morgan fingerprint density at radius 1 is 1.00 bits per heavy atom. The van der Waals surface area contributed by atoms with Gasteiger partial charge in [0.25, 0.3) is 0 Å². The maximum atomic E-state index is 10.2. The summed E-state index contributed by atoms with van der Waals surface area (Å²) in [5.41, 5.74) is 0.106. The number of rotatable bonds is 0. The molecule has 15 heavy (non-hydrogen) atoms. The Morgan fingerprint density at radius 2 is 1.33 bits per heavy atom. The molecule has 0 aromatic carbocycles. The van der Waals surface area contributed by atoms with Gasteiger partial charge in [-0.15, -0.1) is 0 Å². The van der Waals surface area contributed by atoms with Crippen LogP contribution in [0.2, 0.25) is 0 Å². The van der Waals surface area contributed by atoms with E-state index in [0.29, 0.717) is 11.3 Å². The lowest BCUT2D eigenvalue weighted by Gasteiger charge is -2.54. The molecule has 0 aliphatic carbocycles. The van der Waals surface area contributed by atoms with E-state index in [-0.39, 0.29) is 11.1 Å². The molecule has 0 spiro atoms. The Kier molecular flexibility index (Phi) is 2.99. The third-order valence-corrected chi connectivity index (χ3v) is 3.86. The summed E-state index contributed by atoms with van der Waals surface area (Å²) in [4.78, 5) is 0. The predicted octanol–water partition coefficient (Wildman–Crippen LogP) is 3.69. The van der Waals surface area contributed by atoms with Gasteiger partial charge in [-0.1, -0.05) is 20.8 Å². The van der Waals surface area contributed by atoms with Crippen LogP contribution in [0, 0.1) is 11.3 Å². The Labute approximate surface area is 94.6 Å². The van der Waals surface area contributed by atoms with Gasteiger partial charge < -0.3 is 5.21 Å². The Morgan fingerprint density at radius 3 is 1.60 bits per heavy atom. The maximum absolute atomic E-state index is 10.2. The molecular weight excluding hydrogens is 186 g/mol. The minimum absolute atomic E-state index is 0.111. The minimum Gasteiger partial charge on any atom is -0.313 e. The molecule has 1 saturated heterocycles. The number of nitrogens with zero attached hydrogens (tertiary/aromatic N) is 1. The molecule has 2 heteroatoms. The maximum Gasteiger partial charge on any atom is 0.0413 e. The highest BCUT2D eigenvalue weighted by Gasteiger charge is 2.47. The standard InChI is InChI=1S/C13H27NO/c1-11(2,3)10-8-12(4,5)14(15)13(6,7)9-10/h10,15H,8-9H2,1-7H3. The molecule has 0 unspecified atom stereocenters. The van der Waals surface area contributed by atoms with Gasteiger partial charge in [0.05, 0.1) is 0 Å². The van der Waals surface area contributed by atoms with E-state index >= 15 is 0 Å². The first-order valence-electron chi connectivity index (χ1n) is 5.96. The van der Waals surface area contributed by atoms with Gasteiger partial charge in [0, 0.05) is 11.1 Å². The van der Waals surface area contributed by atoms with Crippen LogP contribution in [0.3, 0.4) is 0 Å². The SMILES string of the molecule is CC(C)(C)C1CC(C)(C)N(O)C(C)(C)C1. The van der Waals surface area contributed by atoms with Crippen LogP contribution in [-0.4, -0.2) is 21.3 Å². The normalized spacial score (nSPS) is 28.0. The van der Waals surface area contributed by atoms with Crippen molar-refractivity contribution < 1.29 is 5.21 Å². The van der Waals surface area contributed by atoms with Crippen molar-refractivity contribution in [2.75, 3.05) is 0 Å². The molecule has 1 N–H and O–H groups in total. The largest absolute Gasteiger partial charge is 0.313 e. The highest BCUT2D eigenvalue weighted by atomic mass is 16.5. The molecule has 0 saturated carbocycles. The van der Waals surface area contributed by atoms with Crippen molar-refractivity contribution >= 4 is 0 Å². The average Bonchev–Trinajstić information content (AvgIpc) is 1.97. The Balaban J connectivity index is 2.94. The van der Waals surface area contributed by atoms with E-state index in [0.717, 1.165) is 12.8 Å². The molecule has 1 aliphatic heterocycles. The lowest BCUT2D eigenvalue weighted by Crippen LogP contribution is -2.60. The zero-order valence-electron chi connectivity index (χ0n) is 11.4. The Bertz CT molecular complexity index is 219. The van der Waals surface area contributed by atoms with E-state index in [1.165, 1.54) is 0 Å². The zero-order chi connectivity index (χ0) is 12.1. The van der Waals surface area contributed by atoms with E-state index in [2.05, 4.69) is 48.5 Å². The van der Waals surface area contributed by atoms with E-state index < -0.39 is 0 Å². The summed E-state index contributed by atoms with van der Waals surface area (Å²) in [7, 11) is 0. The second-order valence-electron chi connectivity index (χ2n) is 7.41. The van der Waals surface area contributed by atoms with Gasteiger partial charge >= 0.3 is 0 Å². The number of hydrogen-bond donors (Lipinski definition) is 1. The van der Waals surface area contributed by atoms with Crippen molar-refractivity contribution in [3.05, 3.63) is 0 Å². The van der Waals surface area contributed by atoms with Gasteiger partial charge in [-0.2, -0.15) is 5.06 Å². The molecular formula is C13H27NO. The van der Waals surface area contributed by atoms with Gasteiger partial charge in [0.15, 0.2) is 0 Å². The lowest BCUT2D eigenvalue weighted by atomic mass is 9.65. The van der Waals surface area contributed by atoms with Crippen LogP contribution in [0.1, 0.15) is 61.3 Å².